The Labute approximate surface area is 145 Å². The van der Waals surface area contributed by atoms with Crippen LogP contribution in [-0.4, -0.2) is 44.9 Å². The Bertz CT molecular complexity index is 578. The second kappa shape index (κ2) is 7.69. The summed E-state index contributed by atoms with van der Waals surface area (Å²) in [4.78, 5) is 0.189. The zero-order valence-corrected chi connectivity index (χ0v) is 16.9. The van der Waals surface area contributed by atoms with Crippen molar-refractivity contribution < 1.29 is 13.2 Å². The SMILES string of the molecule is COCC(Br)CN(C)S(=O)(=O)c1cc(Br)c(C)cc1Br. The summed E-state index contributed by atoms with van der Waals surface area (Å²) in [7, 11) is -0.417. The highest BCUT2D eigenvalue weighted by molar-refractivity contribution is 9.11. The summed E-state index contributed by atoms with van der Waals surface area (Å²) in [5, 5.41) is 0. The van der Waals surface area contributed by atoms with Gasteiger partial charge in [0, 0.05) is 29.6 Å². The molecular formula is C12H16Br3NO3S. The Morgan fingerprint density at radius 3 is 2.45 bits per heavy atom. The number of hydrogen-bond donors (Lipinski definition) is 0. The van der Waals surface area contributed by atoms with Crippen LogP contribution in [0.1, 0.15) is 5.56 Å². The average Bonchev–Trinajstić information content (AvgIpc) is 2.33. The molecule has 0 spiro atoms. The highest BCUT2D eigenvalue weighted by Gasteiger charge is 2.25. The highest BCUT2D eigenvalue weighted by Crippen LogP contribution is 2.30. The van der Waals surface area contributed by atoms with Crippen molar-refractivity contribution in [3.05, 3.63) is 26.6 Å². The number of nitrogens with zero attached hydrogens (tertiary/aromatic N) is 1. The molecule has 1 aromatic carbocycles. The number of benzene rings is 1. The topological polar surface area (TPSA) is 46.6 Å². The second-order valence-corrected chi connectivity index (χ2v) is 9.39. The van der Waals surface area contributed by atoms with E-state index in [2.05, 4.69) is 47.8 Å². The summed E-state index contributed by atoms with van der Waals surface area (Å²) >= 11 is 10.1. The number of alkyl halides is 1. The lowest BCUT2D eigenvalue weighted by atomic mass is 10.2. The molecule has 0 aliphatic heterocycles. The van der Waals surface area contributed by atoms with Crippen LogP contribution in [0.3, 0.4) is 0 Å². The first-order valence-electron chi connectivity index (χ1n) is 5.75. The summed E-state index contributed by atoms with van der Waals surface area (Å²) in [6, 6.07) is 3.40. The van der Waals surface area contributed by atoms with Crippen LogP contribution < -0.4 is 0 Å². The van der Waals surface area contributed by atoms with Gasteiger partial charge < -0.3 is 4.74 Å². The van der Waals surface area contributed by atoms with E-state index in [4.69, 9.17) is 4.74 Å². The number of ether oxygens (including phenoxy) is 1. The molecule has 0 radical (unpaired) electrons. The largest absolute Gasteiger partial charge is 0.383 e. The van der Waals surface area contributed by atoms with Gasteiger partial charge in [0.2, 0.25) is 10.0 Å². The maximum absolute atomic E-state index is 12.6. The third-order valence-corrected chi connectivity index (χ3v) is 6.89. The molecule has 4 nitrogen and oxygen atoms in total. The summed E-state index contributed by atoms with van der Waals surface area (Å²) in [5.74, 6) is 0. The van der Waals surface area contributed by atoms with E-state index in [9.17, 15) is 8.42 Å². The highest BCUT2D eigenvalue weighted by atomic mass is 79.9. The third-order valence-electron chi connectivity index (χ3n) is 2.70. The van der Waals surface area contributed by atoms with Crippen molar-refractivity contribution in [3.8, 4) is 0 Å². The average molecular weight is 494 g/mol. The van der Waals surface area contributed by atoms with Crippen molar-refractivity contribution in [1.82, 2.24) is 4.31 Å². The van der Waals surface area contributed by atoms with Crippen molar-refractivity contribution in [3.63, 3.8) is 0 Å². The molecule has 114 valence electrons. The predicted octanol–water partition coefficient (Wildman–Crippen LogP) is 3.55. The molecule has 1 aromatic rings. The molecule has 0 fully saturated rings. The molecular weight excluding hydrogens is 478 g/mol. The molecule has 0 N–H and O–H groups in total. The second-order valence-electron chi connectivity index (χ2n) is 4.37. The van der Waals surface area contributed by atoms with E-state index in [1.807, 2.05) is 6.92 Å². The van der Waals surface area contributed by atoms with Gasteiger partial charge in [0.25, 0.3) is 0 Å². The van der Waals surface area contributed by atoms with Crippen molar-refractivity contribution in [2.45, 2.75) is 16.6 Å². The maximum atomic E-state index is 12.6. The Morgan fingerprint density at radius 1 is 1.30 bits per heavy atom. The minimum atomic E-state index is -3.55. The minimum absolute atomic E-state index is 0.0556. The normalized spacial score (nSPS) is 13.8. The lowest BCUT2D eigenvalue weighted by Gasteiger charge is -2.21. The smallest absolute Gasteiger partial charge is 0.244 e. The predicted molar refractivity (Wildman–Crippen MR) is 91.0 cm³/mol. The summed E-state index contributed by atoms with van der Waals surface area (Å²) in [6.45, 7) is 2.68. The fourth-order valence-corrected chi connectivity index (χ4v) is 5.35. The molecule has 1 rings (SSSR count). The molecule has 0 amide bonds. The molecule has 0 aliphatic carbocycles. The number of hydrogen-bond acceptors (Lipinski definition) is 3. The quantitative estimate of drug-likeness (QED) is 0.569. The fourth-order valence-electron chi connectivity index (χ4n) is 1.60. The molecule has 0 bridgehead atoms. The number of rotatable bonds is 6. The molecule has 0 aromatic heterocycles. The lowest BCUT2D eigenvalue weighted by Crippen LogP contribution is -2.34. The monoisotopic (exact) mass is 491 g/mol. The summed E-state index contributed by atoms with van der Waals surface area (Å²) in [6.07, 6.45) is 0. The number of sulfonamides is 1. The molecule has 0 heterocycles. The molecule has 0 saturated heterocycles. The number of methoxy groups -OCH3 is 1. The van der Waals surface area contributed by atoms with Gasteiger partial charge in [-0.05, 0) is 40.5 Å². The first-order valence-corrected chi connectivity index (χ1v) is 9.69. The molecule has 8 heteroatoms. The van der Waals surface area contributed by atoms with Crippen LogP contribution in [0.25, 0.3) is 0 Å². The van der Waals surface area contributed by atoms with Gasteiger partial charge in [-0.15, -0.1) is 0 Å². The van der Waals surface area contributed by atoms with E-state index in [0.29, 0.717) is 17.6 Å². The van der Waals surface area contributed by atoms with Crippen molar-refractivity contribution in [2.24, 2.45) is 0 Å². The summed E-state index contributed by atoms with van der Waals surface area (Å²) in [5.41, 5.74) is 0.969. The van der Waals surface area contributed by atoms with E-state index in [1.165, 1.54) is 4.31 Å². The number of aryl methyl sites for hydroxylation is 1. The van der Waals surface area contributed by atoms with E-state index in [-0.39, 0.29) is 9.72 Å². The van der Waals surface area contributed by atoms with Crippen LogP contribution in [0.5, 0.6) is 0 Å². The molecule has 0 saturated carbocycles. The van der Waals surface area contributed by atoms with E-state index in [1.54, 1.807) is 26.3 Å². The lowest BCUT2D eigenvalue weighted by molar-refractivity contribution is 0.195. The van der Waals surface area contributed by atoms with Crippen molar-refractivity contribution >= 4 is 57.8 Å². The molecule has 20 heavy (non-hydrogen) atoms. The number of halogens is 3. The van der Waals surface area contributed by atoms with Gasteiger partial charge in [-0.25, -0.2) is 8.42 Å². The van der Waals surface area contributed by atoms with E-state index in [0.717, 1.165) is 10.0 Å². The summed E-state index contributed by atoms with van der Waals surface area (Å²) < 4.78 is 32.8. The first kappa shape index (κ1) is 18.6. The van der Waals surface area contributed by atoms with Crippen LogP contribution in [0.15, 0.2) is 26.0 Å². The Morgan fingerprint density at radius 2 is 1.90 bits per heavy atom. The zero-order chi connectivity index (χ0) is 15.5. The van der Waals surface area contributed by atoms with Crippen molar-refractivity contribution in [2.75, 3.05) is 27.3 Å². The molecule has 0 aliphatic rings. The van der Waals surface area contributed by atoms with Crippen LogP contribution in [0.2, 0.25) is 0 Å². The standard InChI is InChI=1S/C12H16Br3NO3S/c1-8-4-11(15)12(5-10(8)14)20(17,18)16(2)6-9(13)7-19-3/h4-5,9H,6-7H2,1-3H3. The zero-order valence-electron chi connectivity index (χ0n) is 11.4. The Kier molecular flexibility index (Phi) is 7.14. The van der Waals surface area contributed by atoms with Gasteiger partial charge in [-0.3, -0.25) is 0 Å². The Hall–Kier alpha value is 0.530. The van der Waals surface area contributed by atoms with Gasteiger partial charge in [0.05, 0.1) is 16.3 Å². The molecule has 1 unspecified atom stereocenters. The van der Waals surface area contributed by atoms with Crippen LogP contribution in [0, 0.1) is 6.92 Å². The first-order chi connectivity index (χ1) is 9.20. The van der Waals surface area contributed by atoms with Gasteiger partial charge in [-0.2, -0.15) is 4.31 Å². The fraction of sp³-hybridized carbons (Fsp3) is 0.500. The van der Waals surface area contributed by atoms with Crippen LogP contribution in [-0.2, 0) is 14.8 Å². The minimum Gasteiger partial charge on any atom is -0.383 e. The van der Waals surface area contributed by atoms with E-state index < -0.39 is 10.0 Å². The van der Waals surface area contributed by atoms with Gasteiger partial charge in [0.15, 0.2) is 0 Å². The van der Waals surface area contributed by atoms with Gasteiger partial charge >= 0.3 is 0 Å². The van der Waals surface area contributed by atoms with Crippen molar-refractivity contribution in [1.29, 1.82) is 0 Å². The Balaban J connectivity index is 3.07. The third kappa shape index (κ3) is 4.51. The van der Waals surface area contributed by atoms with Crippen LogP contribution in [0.4, 0.5) is 0 Å². The van der Waals surface area contributed by atoms with E-state index >= 15 is 0 Å². The van der Waals surface area contributed by atoms with Gasteiger partial charge in [0.1, 0.15) is 0 Å². The maximum Gasteiger partial charge on any atom is 0.244 e. The van der Waals surface area contributed by atoms with Crippen LogP contribution >= 0.6 is 47.8 Å². The van der Waals surface area contributed by atoms with Gasteiger partial charge in [-0.1, -0.05) is 31.9 Å². The molecule has 1 atom stereocenters.